The third kappa shape index (κ3) is 6.52. The van der Waals surface area contributed by atoms with Gasteiger partial charge in [0.25, 0.3) is 5.91 Å². The minimum Gasteiger partial charge on any atom is -0.507 e. The predicted octanol–water partition coefficient (Wildman–Crippen LogP) is 4.28. The highest BCUT2D eigenvalue weighted by atomic mass is 16.5. The number of benzene rings is 2. The van der Waals surface area contributed by atoms with Crippen molar-refractivity contribution in [2.24, 2.45) is 5.10 Å². The van der Waals surface area contributed by atoms with E-state index in [-0.39, 0.29) is 18.3 Å². The van der Waals surface area contributed by atoms with E-state index in [1.54, 1.807) is 12.1 Å². The number of phenols is 1. The lowest BCUT2D eigenvalue weighted by molar-refractivity contribution is -0.123. The van der Waals surface area contributed by atoms with Gasteiger partial charge in [-0.05, 0) is 56.0 Å². The Morgan fingerprint density at radius 2 is 1.86 bits per heavy atom. The van der Waals surface area contributed by atoms with E-state index in [1.807, 2.05) is 30.3 Å². The summed E-state index contributed by atoms with van der Waals surface area (Å²) in [5.74, 6) is 0.886. The molecule has 0 aliphatic heterocycles. The highest BCUT2D eigenvalue weighted by Crippen LogP contribution is 2.23. The first-order chi connectivity index (χ1) is 14.0. The second-order valence-electron chi connectivity index (χ2n) is 6.88. The Balaban J connectivity index is 1.85. The van der Waals surface area contributed by atoms with Gasteiger partial charge in [-0.15, -0.1) is 0 Å². The standard InChI is InChI=1S/C23H31N3O3/c1-5-17(4)18-9-12-21(13-10-18)29-16-23(28)25-24-15-19-8-11-20(14-22(19)27)26(6-2)7-3/h8-15,17,27H,5-7,16H2,1-4H3,(H,25,28). The molecule has 1 amide bonds. The van der Waals surface area contributed by atoms with Crippen molar-refractivity contribution in [2.45, 2.75) is 40.0 Å². The first-order valence-electron chi connectivity index (χ1n) is 10.1. The zero-order valence-corrected chi connectivity index (χ0v) is 17.7. The number of amides is 1. The number of anilines is 1. The van der Waals surface area contributed by atoms with Crippen LogP contribution < -0.4 is 15.1 Å². The van der Waals surface area contributed by atoms with Gasteiger partial charge < -0.3 is 14.7 Å². The van der Waals surface area contributed by atoms with Crippen LogP contribution in [0.3, 0.4) is 0 Å². The van der Waals surface area contributed by atoms with Gasteiger partial charge in [-0.2, -0.15) is 5.10 Å². The van der Waals surface area contributed by atoms with Gasteiger partial charge in [0.2, 0.25) is 0 Å². The van der Waals surface area contributed by atoms with Crippen LogP contribution in [0.1, 0.15) is 51.2 Å². The molecular weight excluding hydrogens is 366 g/mol. The van der Waals surface area contributed by atoms with Crippen molar-refractivity contribution in [3.8, 4) is 11.5 Å². The fraction of sp³-hybridized carbons (Fsp3) is 0.391. The van der Waals surface area contributed by atoms with Crippen molar-refractivity contribution in [2.75, 3.05) is 24.6 Å². The lowest BCUT2D eigenvalue weighted by Crippen LogP contribution is -2.24. The zero-order chi connectivity index (χ0) is 21.2. The van der Waals surface area contributed by atoms with Crippen LogP contribution in [0.25, 0.3) is 0 Å². The van der Waals surface area contributed by atoms with E-state index in [2.05, 4.69) is 43.1 Å². The number of nitrogens with one attached hydrogen (secondary N) is 1. The smallest absolute Gasteiger partial charge is 0.277 e. The molecule has 1 unspecified atom stereocenters. The Bertz CT molecular complexity index is 815. The number of aromatic hydroxyl groups is 1. The van der Waals surface area contributed by atoms with Crippen LogP contribution in [-0.4, -0.2) is 36.9 Å². The SMILES string of the molecule is CCC(C)c1ccc(OCC(=O)NN=Cc2ccc(N(CC)CC)cc2O)cc1. The molecule has 0 bridgehead atoms. The van der Waals surface area contributed by atoms with Crippen molar-refractivity contribution in [3.63, 3.8) is 0 Å². The molecule has 0 aliphatic rings. The third-order valence-electron chi connectivity index (χ3n) is 4.97. The molecule has 0 saturated carbocycles. The zero-order valence-electron chi connectivity index (χ0n) is 17.7. The molecule has 0 aliphatic carbocycles. The number of hydrazone groups is 1. The van der Waals surface area contributed by atoms with Crippen LogP contribution in [0.15, 0.2) is 47.6 Å². The van der Waals surface area contributed by atoms with Crippen molar-refractivity contribution in [3.05, 3.63) is 53.6 Å². The van der Waals surface area contributed by atoms with Crippen LogP contribution in [-0.2, 0) is 4.79 Å². The van der Waals surface area contributed by atoms with E-state index >= 15 is 0 Å². The molecule has 1 atom stereocenters. The third-order valence-corrected chi connectivity index (χ3v) is 4.97. The first kappa shape index (κ1) is 22.3. The minimum atomic E-state index is -0.369. The van der Waals surface area contributed by atoms with Gasteiger partial charge in [0, 0.05) is 30.4 Å². The van der Waals surface area contributed by atoms with Gasteiger partial charge in [-0.3, -0.25) is 4.79 Å². The van der Waals surface area contributed by atoms with Crippen molar-refractivity contribution < 1.29 is 14.6 Å². The average Bonchev–Trinajstić information content (AvgIpc) is 2.74. The van der Waals surface area contributed by atoms with Gasteiger partial charge in [-0.1, -0.05) is 26.0 Å². The average molecular weight is 398 g/mol. The maximum Gasteiger partial charge on any atom is 0.277 e. The summed E-state index contributed by atoms with van der Waals surface area (Å²) in [5.41, 5.74) is 5.14. The monoisotopic (exact) mass is 397 g/mol. The summed E-state index contributed by atoms with van der Waals surface area (Å²) in [6.07, 6.45) is 2.49. The lowest BCUT2D eigenvalue weighted by Gasteiger charge is -2.21. The number of hydrogen-bond acceptors (Lipinski definition) is 5. The number of ether oxygens (including phenoxy) is 1. The molecule has 2 aromatic carbocycles. The van der Waals surface area contributed by atoms with Crippen molar-refractivity contribution in [1.82, 2.24) is 5.43 Å². The molecule has 156 valence electrons. The molecule has 0 spiro atoms. The Morgan fingerprint density at radius 1 is 1.17 bits per heavy atom. The number of carbonyl (C=O) groups is 1. The van der Waals surface area contributed by atoms with Gasteiger partial charge in [-0.25, -0.2) is 5.43 Å². The van der Waals surface area contributed by atoms with Crippen LogP contribution in [0.5, 0.6) is 11.5 Å². The fourth-order valence-corrected chi connectivity index (χ4v) is 2.91. The van der Waals surface area contributed by atoms with Crippen LogP contribution in [0, 0.1) is 0 Å². The molecule has 6 heteroatoms. The normalized spacial score (nSPS) is 12.0. The van der Waals surface area contributed by atoms with Crippen LogP contribution in [0.4, 0.5) is 5.69 Å². The lowest BCUT2D eigenvalue weighted by atomic mass is 9.99. The highest BCUT2D eigenvalue weighted by molar-refractivity contribution is 5.86. The number of hydrogen-bond donors (Lipinski definition) is 2. The van der Waals surface area contributed by atoms with Gasteiger partial charge >= 0.3 is 0 Å². The van der Waals surface area contributed by atoms with Gasteiger partial charge in [0.1, 0.15) is 11.5 Å². The number of rotatable bonds is 10. The molecular formula is C23H31N3O3. The van der Waals surface area contributed by atoms with Gasteiger partial charge in [0.15, 0.2) is 6.61 Å². The summed E-state index contributed by atoms with van der Waals surface area (Å²) in [4.78, 5) is 14.0. The Kier molecular flexibility index (Phi) is 8.52. The molecule has 29 heavy (non-hydrogen) atoms. The van der Waals surface area contributed by atoms with E-state index in [0.717, 1.165) is 25.2 Å². The molecule has 0 heterocycles. The summed E-state index contributed by atoms with van der Waals surface area (Å²) in [6, 6.07) is 13.2. The summed E-state index contributed by atoms with van der Waals surface area (Å²) in [7, 11) is 0. The van der Waals surface area contributed by atoms with E-state index in [9.17, 15) is 9.90 Å². The molecule has 0 saturated heterocycles. The fourth-order valence-electron chi connectivity index (χ4n) is 2.91. The molecule has 6 nitrogen and oxygen atoms in total. The maximum atomic E-state index is 11.9. The molecule has 0 fully saturated rings. The number of carbonyl (C=O) groups excluding carboxylic acids is 1. The number of nitrogens with zero attached hydrogens (tertiary/aromatic N) is 2. The van der Waals surface area contributed by atoms with Crippen LogP contribution in [0.2, 0.25) is 0 Å². The quantitative estimate of drug-likeness (QED) is 0.463. The Morgan fingerprint density at radius 3 is 2.45 bits per heavy atom. The molecule has 0 aromatic heterocycles. The largest absolute Gasteiger partial charge is 0.507 e. The molecule has 2 aromatic rings. The summed E-state index contributed by atoms with van der Waals surface area (Å²) >= 11 is 0. The minimum absolute atomic E-state index is 0.116. The summed E-state index contributed by atoms with van der Waals surface area (Å²) < 4.78 is 5.49. The molecule has 2 rings (SSSR count). The Hall–Kier alpha value is -3.02. The first-order valence-corrected chi connectivity index (χ1v) is 10.1. The number of phenolic OH excluding ortho intramolecular Hbond substituents is 1. The summed E-state index contributed by atoms with van der Waals surface area (Å²) in [5, 5.41) is 14.1. The van der Waals surface area contributed by atoms with E-state index < -0.39 is 0 Å². The Labute approximate surface area is 173 Å². The maximum absolute atomic E-state index is 11.9. The van der Waals surface area contributed by atoms with E-state index in [4.69, 9.17) is 4.74 Å². The van der Waals surface area contributed by atoms with Crippen molar-refractivity contribution >= 4 is 17.8 Å². The predicted molar refractivity (Wildman–Crippen MR) is 118 cm³/mol. The summed E-state index contributed by atoms with van der Waals surface area (Å²) in [6.45, 7) is 10.0. The topological polar surface area (TPSA) is 74.2 Å². The van der Waals surface area contributed by atoms with Gasteiger partial charge in [0.05, 0.1) is 6.21 Å². The highest BCUT2D eigenvalue weighted by Gasteiger charge is 2.07. The molecule has 0 radical (unpaired) electrons. The van der Waals surface area contributed by atoms with Crippen molar-refractivity contribution in [1.29, 1.82) is 0 Å². The van der Waals surface area contributed by atoms with Crippen LogP contribution >= 0.6 is 0 Å². The van der Waals surface area contributed by atoms with E-state index in [1.165, 1.54) is 11.8 Å². The second kappa shape index (κ2) is 11.1. The van der Waals surface area contributed by atoms with E-state index in [0.29, 0.717) is 17.2 Å². The second-order valence-corrected chi connectivity index (χ2v) is 6.88. The molecule has 2 N–H and O–H groups in total.